The van der Waals surface area contributed by atoms with Crippen LogP contribution in [-0.4, -0.2) is 42.1 Å². The fourth-order valence-corrected chi connectivity index (χ4v) is 3.42. The number of aromatic nitrogens is 4. The first-order chi connectivity index (χ1) is 13.5. The van der Waals surface area contributed by atoms with Gasteiger partial charge in [-0.3, -0.25) is 4.79 Å². The van der Waals surface area contributed by atoms with Crippen LogP contribution in [0.25, 0.3) is 21.8 Å². The van der Waals surface area contributed by atoms with Gasteiger partial charge in [0.2, 0.25) is 0 Å². The quantitative estimate of drug-likeness (QED) is 0.533. The summed E-state index contributed by atoms with van der Waals surface area (Å²) in [7, 11) is 0. The van der Waals surface area contributed by atoms with E-state index in [1.165, 1.54) is 0 Å². The van der Waals surface area contributed by atoms with Gasteiger partial charge in [0.1, 0.15) is 12.4 Å². The molecule has 4 aromatic rings. The maximum atomic E-state index is 12.8. The highest BCUT2D eigenvalue weighted by Crippen LogP contribution is 2.21. The average Bonchev–Trinajstić information content (AvgIpc) is 3.01. The van der Waals surface area contributed by atoms with Crippen molar-refractivity contribution in [3.63, 3.8) is 0 Å². The average molecular weight is 399 g/mol. The van der Waals surface area contributed by atoms with Gasteiger partial charge in [-0.05, 0) is 24.3 Å². The van der Waals surface area contributed by atoms with Crippen LogP contribution in [0.2, 0.25) is 5.02 Å². The standard InChI is InChI=1S/C19H15ClN4O4/c20-11-5-6-14-15(9-11)23(7-8-25)16(21-14)10-24-18(26)13-4-2-1-3-12(13)17(22-24)19(27)28/h1-6,9,25H,7-8,10H2,(H,27,28). The van der Waals surface area contributed by atoms with E-state index in [0.29, 0.717) is 21.9 Å². The lowest BCUT2D eigenvalue weighted by molar-refractivity contribution is 0.0690. The van der Waals surface area contributed by atoms with E-state index in [2.05, 4.69) is 10.1 Å². The third kappa shape index (κ3) is 3.02. The van der Waals surface area contributed by atoms with Crippen molar-refractivity contribution in [2.45, 2.75) is 13.1 Å². The van der Waals surface area contributed by atoms with Crippen molar-refractivity contribution in [3.05, 3.63) is 69.4 Å². The van der Waals surface area contributed by atoms with Gasteiger partial charge in [0.15, 0.2) is 5.69 Å². The van der Waals surface area contributed by atoms with Gasteiger partial charge >= 0.3 is 5.97 Å². The third-order valence-corrected chi connectivity index (χ3v) is 4.71. The summed E-state index contributed by atoms with van der Waals surface area (Å²) in [5.74, 6) is -0.756. The van der Waals surface area contributed by atoms with Crippen LogP contribution in [0.4, 0.5) is 0 Å². The summed E-state index contributed by atoms with van der Waals surface area (Å²) in [6.07, 6.45) is 0. The molecule has 0 saturated heterocycles. The summed E-state index contributed by atoms with van der Waals surface area (Å²) in [5, 5.41) is 24.0. The molecule has 0 saturated carbocycles. The van der Waals surface area contributed by atoms with Crippen molar-refractivity contribution < 1.29 is 15.0 Å². The molecule has 0 aliphatic rings. The van der Waals surface area contributed by atoms with Crippen LogP contribution in [0.1, 0.15) is 16.3 Å². The number of carboxylic acid groups (broad SMARTS) is 1. The van der Waals surface area contributed by atoms with E-state index in [1.54, 1.807) is 47.0 Å². The summed E-state index contributed by atoms with van der Waals surface area (Å²) in [5.41, 5.74) is 0.744. The molecule has 0 amide bonds. The predicted octanol–water partition coefficient (Wildman–Crippen LogP) is 2.14. The molecule has 0 bridgehead atoms. The number of nitrogens with zero attached hydrogens (tertiary/aromatic N) is 4. The molecule has 28 heavy (non-hydrogen) atoms. The number of benzene rings is 2. The summed E-state index contributed by atoms with van der Waals surface area (Å²) >= 11 is 6.07. The fraction of sp³-hybridized carbons (Fsp3) is 0.158. The fourth-order valence-electron chi connectivity index (χ4n) is 3.25. The van der Waals surface area contributed by atoms with E-state index in [-0.39, 0.29) is 36.2 Å². The molecule has 4 rings (SSSR count). The number of aromatic carboxylic acids is 1. The number of hydrogen-bond donors (Lipinski definition) is 2. The second kappa shape index (κ2) is 7.06. The largest absolute Gasteiger partial charge is 0.476 e. The molecule has 0 spiro atoms. The zero-order valence-corrected chi connectivity index (χ0v) is 15.3. The number of halogens is 1. The minimum atomic E-state index is -1.22. The molecule has 0 aliphatic carbocycles. The molecular weight excluding hydrogens is 384 g/mol. The lowest BCUT2D eigenvalue weighted by Gasteiger charge is -2.11. The molecule has 2 aromatic carbocycles. The Labute approximate surface area is 163 Å². The Morgan fingerprint density at radius 2 is 1.89 bits per heavy atom. The Balaban J connectivity index is 1.91. The molecule has 142 valence electrons. The Bertz CT molecular complexity index is 1280. The number of imidazole rings is 1. The van der Waals surface area contributed by atoms with E-state index in [0.717, 1.165) is 4.68 Å². The third-order valence-electron chi connectivity index (χ3n) is 4.47. The number of hydrogen-bond acceptors (Lipinski definition) is 5. The van der Waals surface area contributed by atoms with Crippen molar-refractivity contribution in [2.24, 2.45) is 0 Å². The Morgan fingerprint density at radius 3 is 2.61 bits per heavy atom. The van der Waals surface area contributed by atoms with Crippen molar-refractivity contribution in [1.29, 1.82) is 0 Å². The maximum absolute atomic E-state index is 12.8. The van der Waals surface area contributed by atoms with Crippen LogP contribution in [0.3, 0.4) is 0 Å². The minimum Gasteiger partial charge on any atom is -0.476 e. The zero-order chi connectivity index (χ0) is 19.8. The van der Waals surface area contributed by atoms with E-state index in [1.807, 2.05) is 0 Å². The molecule has 0 aliphatic heterocycles. The van der Waals surface area contributed by atoms with Crippen LogP contribution in [0.5, 0.6) is 0 Å². The zero-order valence-electron chi connectivity index (χ0n) is 14.5. The number of carboxylic acids is 1. The maximum Gasteiger partial charge on any atom is 0.357 e. The SMILES string of the molecule is O=C(O)c1nn(Cc2nc3ccc(Cl)cc3n2CCO)c(=O)c2ccccc12. The number of rotatable bonds is 5. The highest BCUT2D eigenvalue weighted by Gasteiger charge is 2.18. The lowest BCUT2D eigenvalue weighted by atomic mass is 10.1. The van der Waals surface area contributed by atoms with Gasteiger partial charge in [-0.15, -0.1) is 0 Å². The van der Waals surface area contributed by atoms with Gasteiger partial charge in [-0.2, -0.15) is 5.10 Å². The van der Waals surface area contributed by atoms with Crippen molar-refractivity contribution in [2.75, 3.05) is 6.61 Å². The van der Waals surface area contributed by atoms with Crippen molar-refractivity contribution >= 4 is 39.4 Å². The monoisotopic (exact) mass is 398 g/mol. The van der Waals surface area contributed by atoms with Crippen LogP contribution < -0.4 is 5.56 Å². The predicted molar refractivity (Wildman–Crippen MR) is 104 cm³/mol. The number of aliphatic hydroxyl groups is 1. The lowest BCUT2D eigenvalue weighted by Crippen LogP contribution is -2.27. The summed E-state index contributed by atoms with van der Waals surface area (Å²) in [6.45, 7) is 0.0714. The first-order valence-electron chi connectivity index (χ1n) is 8.48. The van der Waals surface area contributed by atoms with Gasteiger partial charge in [0.05, 0.1) is 23.0 Å². The molecule has 2 aromatic heterocycles. The van der Waals surface area contributed by atoms with Crippen LogP contribution in [0.15, 0.2) is 47.3 Å². The minimum absolute atomic E-state index is 0.0454. The summed E-state index contributed by atoms with van der Waals surface area (Å²) in [4.78, 5) is 29.0. The highest BCUT2D eigenvalue weighted by molar-refractivity contribution is 6.31. The van der Waals surface area contributed by atoms with E-state index >= 15 is 0 Å². The molecular formula is C19H15ClN4O4. The van der Waals surface area contributed by atoms with Crippen molar-refractivity contribution in [3.8, 4) is 0 Å². The summed E-state index contributed by atoms with van der Waals surface area (Å²) < 4.78 is 2.83. The molecule has 0 fully saturated rings. The topological polar surface area (TPSA) is 110 Å². The summed E-state index contributed by atoms with van der Waals surface area (Å²) in [6, 6.07) is 11.6. The molecule has 0 atom stereocenters. The number of carbonyl (C=O) groups is 1. The van der Waals surface area contributed by atoms with E-state index in [9.17, 15) is 19.8 Å². The van der Waals surface area contributed by atoms with Gasteiger partial charge in [-0.25, -0.2) is 14.5 Å². The highest BCUT2D eigenvalue weighted by atomic mass is 35.5. The van der Waals surface area contributed by atoms with Gasteiger partial charge < -0.3 is 14.8 Å². The Hall–Kier alpha value is -3.23. The van der Waals surface area contributed by atoms with E-state index < -0.39 is 11.5 Å². The van der Waals surface area contributed by atoms with Crippen LogP contribution in [0, 0.1) is 0 Å². The first kappa shape index (κ1) is 18.1. The molecule has 2 heterocycles. The number of fused-ring (bicyclic) bond motifs is 2. The van der Waals surface area contributed by atoms with Gasteiger partial charge in [0, 0.05) is 17.0 Å². The molecule has 0 unspecified atom stereocenters. The second-order valence-corrected chi connectivity index (χ2v) is 6.63. The smallest absolute Gasteiger partial charge is 0.357 e. The molecule has 0 radical (unpaired) electrons. The Morgan fingerprint density at radius 1 is 1.14 bits per heavy atom. The molecule has 9 heteroatoms. The van der Waals surface area contributed by atoms with Crippen molar-refractivity contribution in [1.82, 2.24) is 19.3 Å². The normalized spacial score (nSPS) is 11.4. The Kier molecular flexibility index (Phi) is 4.58. The van der Waals surface area contributed by atoms with Gasteiger partial charge in [0.25, 0.3) is 5.56 Å². The van der Waals surface area contributed by atoms with E-state index in [4.69, 9.17) is 11.6 Å². The first-order valence-corrected chi connectivity index (χ1v) is 8.86. The second-order valence-electron chi connectivity index (χ2n) is 6.20. The van der Waals surface area contributed by atoms with Crippen LogP contribution in [-0.2, 0) is 13.1 Å². The van der Waals surface area contributed by atoms with Gasteiger partial charge in [-0.1, -0.05) is 29.8 Å². The molecule has 8 nitrogen and oxygen atoms in total. The molecule has 2 N–H and O–H groups in total. The number of aliphatic hydroxyl groups excluding tert-OH is 1. The van der Waals surface area contributed by atoms with Crippen LogP contribution >= 0.6 is 11.6 Å².